The molecule has 1 nitrogen and oxygen atoms in total. The second kappa shape index (κ2) is 7.35. The lowest BCUT2D eigenvalue weighted by Crippen LogP contribution is -2.18. The van der Waals surface area contributed by atoms with Gasteiger partial charge < -0.3 is 5.32 Å². The van der Waals surface area contributed by atoms with Gasteiger partial charge in [-0.2, -0.15) is 0 Å². The fourth-order valence-electron chi connectivity index (χ4n) is 0.638. The van der Waals surface area contributed by atoms with E-state index in [4.69, 9.17) is 12.2 Å². The van der Waals surface area contributed by atoms with Crippen molar-refractivity contribution in [2.45, 2.75) is 26.2 Å². The molecule has 0 heterocycles. The monoisotopic (exact) mass is 177 g/mol. The van der Waals surface area contributed by atoms with Crippen LogP contribution >= 0.6 is 24.0 Å². The standard InChI is InChI=1S/C7H15NS2/c1-3-4-5-6-8-7(9)10-2/h3-6H2,1-2H3,(H,8,9). The van der Waals surface area contributed by atoms with Gasteiger partial charge in [0.15, 0.2) is 0 Å². The molecule has 0 aromatic rings. The van der Waals surface area contributed by atoms with Crippen LogP contribution < -0.4 is 5.32 Å². The molecule has 0 saturated heterocycles. The minimum atomic E-state index is 0.913. The van der Waals surface area contributed by atoms with Gasteiger partial charge in [0.25, 0.3) is 0 Å². The first kappa shape index (κ1) is 10.2. The maximum atomic E-state index is 4.96. The molecule has 0 atom stereocenters. The highest BCUT2D eigenvalue weighted by molar-refractivity contribution is 8.22. The predicted molar refractivity (Wildman–Crippen MR) is 53.6 cm³/mol. The highest BCUT2D eigenvalue weighted by Crippen LogP contribution is 1.95. The van der Waals surface area contributed by atoms with Crippen molar-refractivity contribution in [1.29, 1.82) is 0 Å². The fraction of sp³-hybridized carbons (Fsp3) is 0.857. The number of nitrogens with one attached hydrogen (secondary N) is 1. The number of hydrogen-bond acceptors (Lipinski definition) is 2. The van der Waals surface area contributed by atoms with Crippen molar-refractivity contribution in [2.24, 2.45) is 0 Å². The van der Waals surface area contributed by atoms with E-state index in [0.29, 0.717) is 0 Å². The lowest BCUT2D eigenvalue weighted by Gasteiger charge is -2.02. The van der Waals surface area contributed by atoms with Gasteiger partial charge in [0.05, 0.1) is 0 Å². The Morgan fingerprint density at radius 1 is 1.50 bits per heavy atom. The SMILES string of the molecule is CCCCCNC(=S)SC. The number of unbranched alkanes of at least 4 members (excludes halogenated alkanes) is 2. The zero-order valence-corrected chi connectivity index (χ0v) is 8.28. The van der Waals surface area contributed by atoms with Gasteiger partial charge >= 0.3 is 0 Å². The van der Waals surface area contributed by atoms with Gasteiger partial charge in [0.2, 0.25) is 0 Å². The molecule has 3 heteroatoms. The summed E-state index contributed by atoms with van der Waals surface area (Å²) in [5, 5.41) is 3.16. The van der Waals surface area contributed by atoms with E-state index < -0.39 is 0 Å². The molecule has 0 unspecified atom stereocenters. The van der Waals surface area contributed by atoms with Crippen LogP contribution in [0.3, 0.4) is 0 Å². The van der Waals surface area contributed by atoms with Crippen molar-refractivity contribution in [3.05, 3.63) is 0 Å². The van der Waals surface area contributed by atoms with E-state index in [2.05, 4.69) is 12.2 Å². The van der Waals surface area contributed by atoms with E-state index >= 15 is 0 Å². The van der Waals surface area contributed by atoms with Crippen molar-refractivity contribution in [2.75, 3.05) is 12.8 Å². The summed E-state index contributed by atoms with van der Waals surface area (Å²) in [4.78, 5) is 0. The minimum Gasteiger partial charge on any atom is -0.371 e. The summed E-state index contributed by atoms with van der Waals surface area (Å²) >= 11 is 6.56. The molecule has 0 rings (SSSR count). The molecule has 0 amide bonds. The number of thiocarbonyl (C=S) groups is 1. The van der Waals surface area contributed by atoms with E-state index in [1.165, 1.54) is 19.3 Å². The molecule has 0 fully saturated rings. The Balaban J connectivity index is 2.96. The third kappa shape index (κ3) is 6.36. The maximum Gasteiger partial charge on any atom is 0.133 e. The van der Waals surface area contributed by atoms with Crippen LogP contribution in [0.1, 0.15) is 26.2 Å². The Labute approximate surface area is 73.0 Å². The van der Waals surface area contributed by atoms with Crippen LogP contribution in [0.5, 0.6) is 0 Å². The summed E-state index contributed by atoms with van der Waals surface area (Å²) in [6, 6.07) is 0. The van der Waals surface area contributed by atoms with Crippen LogP contribution in [0, 0.1) is 0 Å². The Hall–Kier alpha value is 0.240. The first-order valence-corrected chi connectivity index (χ1v) is 5.26. The third-order valence-corrected chi connectivity index (χ3v) is 2.39. The number of rotatable bonds is 4. The zero-order chi connectivity index (χ0) is 7.82. The first-order chi connectivity index (χ1) is 4.81. The molecule has 0 aromatic carbocycles. The van der Waals surface area contributed by atoms with Crippen LogP contribution in [0.4, 0.5) is 0 Å². The maximum absolute atomic E-state index is 4.96. The summed E-state index contributed by atoms with van der Waals surface area (Å²) in [6.07, 6.45) is 5.80. The Kier molecular flexibility index (Phi) is 7.52. The van der Waals surface area contributed by atoms with E-state index in [1.807, 2.05) is 6.26 Å². The van der Waals surface area contributed by atoms with Crippen molar-refractivity contribution < 1.29 is 0 Å². The molecule has 0 saturated carbocycles. The van der Waals surface area contributed by atoms with E-state index in [0.717, 1.165) is 10.9 Å². The Morgan fingerprint density at radius 3 is 2.70 bits per heavy atom. The lowest BCUT2D eigenvalue weighted by molar-refractivity contribution is 0.700. The van der Waals surface area contributed by atoms with Gasteiger partial charge in [-0.3, -0.25) is 0 Å². The normalized spacial score (nSPS) is 9.40. The van der Waals surface area contributed by atoms with Crippen molar-refractivity contribution in [3.8, 4) is 0 Å². The average molecular weight is 177 g/mol. The van der Waals surface area contributed by atoms with Crippen LogP contribution in [0.25, 0.3) is 0 Å². The number of thioether (sulfide) groups is 1. The van der Waals surface area contributed by atoms with Crippen molar-refractivity contribution >= 4 is 28.3 Å². The highest BCUT2D eigenvalue weighted by atomic mass is 32.2. The molecular formula is C7H15NS2. The quantitative estimate of drug-likeness (QED) is 0.523. The second-order valence-electron chi connectivity index (χ2n) is 2.13. The average Bonchev–Trinajstić information content (AvgIpc) is 1.98. The molecule has 0 aliphatic carbocycles. The molecule has 0 spiro atoms. The van der Waals surface area contributed by atoms with Gasteiger partial charge in [-0.1, -0.05) is 32.0 Å². The Morgan fingerprint density at radius 2 is 2.20 bits per heavy atom. The molecule has 1 N–H and O–H groups in total. The van der Waals surface area contributed by atoms with Gasteiger partial charge in [-0.15, -0.1) is 11.8 Å². The summed E-state index contributed by atoms with van der Waals surface area (Å²) in [5.41, 5.74) is 0. The molecule has 10 heavy (non-hydrogen) atoms. The molecule has 0 bridgehead atoms. The van der Waals surface area contributed by atoms with Gasteiger partial charge in [0.1, 0.15) is 4.32 Å². The fourth-order valence-corrected chi connectivity index (χ4v) is 0.986. The van der Waals surface area contributed by atoms with Crippen LogP contribution in [-0.4, -0.2) is 17.1 Å². The molecule has 60 valence electrons. The van der Waals surface area contributed by atoms with E-state index in [1.54, 1.807) is 11.8 Å². The third-order valence-electron chi connectivity index (χ3n) is 1.24. The summed E-state index contributed by atoms with van der Waals surface area (Å²) in [7, 11) is 0. The van der Waals surface area contributed by atoms with Crippen LogP contribution in [0.2, 0.25) is 0 Å². The molecule has 0 aliphatic rings. The van der Waals surface area contributed by atoms with Crippen molar-refractivity contribution in [3.63, 3.8) is 0 Å². The van der Waals surface area contributed by atoms with E-state index in [9.17, 15) is 0 Å². The molecule has 0 radical (unpaired) electrons. The van der Waals surface area contributed by atoms with Crippen LogP contribution in [-0.2, 0) is 0 Å². The smallest absolute Gasteiger partial charge is 0.133 e. The highest BCUT2D eigenvalue weighted by Gasteiger charge is 1.89. The molecule has 0 aromatic heterocycles. The topological polar surface area (TPSA) is 12.0 Å². The Bertz CT molecular complexity index is 93.6. The van der Waals surface area contributed by atoms with E-state index in [-0.39, 0.29) is 0 Å². The number of hydrogen-bond donors (Lipinski definition) is 1. The summed E-state index contributed by atoms with van der Waals surface area (Å²) < 4.78 is 0.913. The van der Waals surface area contributed by atoms with Gasteiger partial charge in [0, 0.05) is 6.54 Å². The minimum absolute atomic E-state index is 0.913. The zero-order valence-electron chi connectivity index (χ0n) is 6.64. The van der Waals surface area contributed by atoms with Crippen LogP contribution in [0.15, 0.2) is 0 Å². The molecule has 0 aliphatic heterocycles. The predicted octanol–water partition coefficient (Wildman–Crippen LogP) is 2.41. The van der Waals surface area contributed by atoms with Gasteiger partial charge in [-0.25, -0.2) is 0 Å². The lowest BCUT2D eigenvalue weighted by atomic mass is 10.2. The summed E-state index contributed by atoms with van der Waals surface area (Å²) in [6.45, 7) is 3.24. The molecular weight excluding hydrogens is 162 g/mol. The first-order valence-electron chi connectivity index (χ1n) is 3.63. The second-order valence-corrected chi connectivity index (χ2v) is 3.61. The van der Waals surface area contributed by atoms with Crippen molar-refractivity contribution in [1.82, 2.24) is 5.32 Å². The summed E-state index contributed by atoms with van der Waals surface area (Å²) in [5.74, 6) is 0. The van der Waals surface area contributed by atoms with Gasteiger partial charge in [-0.05, 0) is 12.7 Å². The largest absolute Gasteiger partial charge is 0.371 e.